The number of primary amides is 1. The number of nitrogens with two attached hydrogens (primary N) is 1. The van der Waals surface area contributed by atoms with Gasteiger partial charge >= 0.3 is 0 Å². The molecule has 0 bridgehead atoms. The van der Waals surface area contributed by atoms with E-state index in [9.17, 15) is 14.4 Å². The normalized spacial score (nSPS) is 15.5. The monoisotopic (exact) mass is 443 g/mol. The van der Waals surface area contributed by atoms with Crippen molar-refractivity contribution in [1.29, 1.82) is 0 Å². The molecule has 1 unspecified atom stereocenters. The summed E-state index contributed by atoms with van der Waals surface area (Å²) in [6.45, 7) is 1.01. The fraction of sp³-hybridized carbons (Fsp3) is 0.192. The molecule has 0 saturated carbocycles. The van der Waals surface area contributed by atoms with Crippen molar-refractivity contribution in [3.8, 4) is 11.5 Å². The van der Waals surface area contributed by atoms with E-state index in [1.807, 2.05) is 30.3 Å². The van der Waals surface area contributed by atoms with E-state index in [1.54, 1.807) is 53.4 Å². The third kappa shape index (κ3) is 5.57. The molecule has 1 aliphatic heterocycles. The van der Waals surface area contributed by atoms with Gasteiger partial charge < -0.3 is 20.7 Å². The molecule has 1 heterocycles. The van der Waals surface area contributed by atoms with Crippen LogP contribution < -0.4 is 15.8 Å². The summed E-state index contributed by atoms with van der Waals surface area (Å²) >= 11 is 0. The standard InChI is InChI=1S/C26H25N3O4/c27-24(30)18-8-12-22(13-9-18)33-23-14-10-19(11-15-23)26(32)29-16-4-5-20(17-29)25(31)28-21-6-2-1-3-7-21/h1-3,6-15,20H,4-5,16-17H2,(H2,27,30)(H,28,31). The number of hydrogen-bond donors (Lipinski definition) is 2. The fourth-order valence-corrected chi connectivity index (χ4v) is 3.81. The summed E-state index contributed by atoms with van der Waals surface area (Å²) in [4.78, 5) is 38.6. The molecule has 3 N–H and O–H groups in total. The Kier molecular flexibility index (Phi) is 6.69. The molecule has 0 aromatic heterocycles. The van der Waals surface area contributed by atoms with Crippen LogP contribution in [0.25, 0.3) is 0 Å². The molecule has 1 saturated heterocycles. The third-order valence-corrected chi connectivity index (χ3v) is 5.60. The molecule has 3 amide bonds. The Bertz CT molecular complexity index is 1130. The van der Waals surface area contributed by atoms with Crippen LogP contribution >= 0.6 is 0 Å². The SMILES string of the molecule is NC(=O)c1ccc(Oc2ccc(C(=O)N3CCCC(C(=O)Nc4ccccc4)C3)cc2)cc1. The zero-order valence-corrected chi connectivity index (χ0v) is 18.1. The molecule has 1 aliphatic rings. The summed E-state index contributed by atoms with van der Waals surface area (Å²) < 4.78 is 5.77. The second-order valence-corrected chi connectivity index (χ2v) is 7.96. The number of anilines is 1. The van der Waals surface area contributed by atoms with Crippen LogP contribution in [-0.4, -0.2) is 35.7 Å². The third-order valence-electron chi connectivity index (χ3n) is 5.60. The highest BCUT2D eigenvalue weighted by Gasteiger charge is 2.29. The van der Waals surface area contributed by atoms with Crippen LogP contribution in [0.15, 0.2) is 78.9 Å². The van der Waals surface area contributed by atoms with Gasteiger partial charge in [0, 0.05) is 29.9 Å². The molecule has 3 aromatic carbocycles. The van der Waals surface area contributed by atoms with Gasteiger partial charge in [-0.1, -0.05) is 18.2 Å². The van der Waals surface area contributed by atoms with Gasteiger partial charge in [-0.2, -0.15) is 0 Å². The summed E-state index contributed by atoms with van der Waals surface area (Å²) in [5.41, 5.74) is 6.94. The van der Waals surface area contributed by atoms with Crippen molar-refractivity contribution in [2.24, 2.45) is 11.7 Å². The molecular weight excluding hydrogens is 418 g/mol. The van der Waals surface area contributed by atoms with Crippen LogP contribution in [0.4, 0.5) is 5.69 Å². The van der Waals surface area contributed by atoms with E-state index in [0.717, 1.165) is 18.5 Å². The number of para-hydroxylation sites is 1. The quantitative estimate of drug-likeness (QED) is 0.600. The average molecular weight is 444 g/mol. The van der Waals surface area contributed by atoms with Gasteiger partial charge in [0.2, 0.25) is 11.8 Å². The lowest BCUT2D eigenvalue weighted by atomic mass is 9.96. The van der Waals surface area contributed by atoms with Gasteiger partial charge in [0.1, 0.15) is 11.5 Å². The number of nitrogens with zero attached hydrogens (tertiary/aromatic N) is 1. The van der Waals surface area contributed by atoms with Crippen molar-refractivity contribution in [2.45, 2.75) is 12.8 Å². The van der Waals surface area contributed by atoms with Crippen LogP contribution in [-0.2, 0) is 4.79 Å². The first-order valence-corrected chi connectivity index (χ1v) is 10.8. The molecule has 0 aliphatic carbocycles. The minimum atomic E-state index is -0.498. The molecule has 168 valence electrons. The number of carbonyl (C=O) groups excluding carboxylic acids is 3. The van der Waals surface area contributed by atoms with E-state index < -0.39 is 5.91 Å². The van der Waals surface area contributed by atoms with Gasteiger partial charge in [-0.05, 0) is 73.5 Å². The summed E-state index contributed by atoms with van der Waals surface area (Å²) in [5, 5.41) is 2.93. The van der Waals surface area contributed by atoms with Crippen molar-refractivity contribution in [3.05, 3.63) is 90.0 Å². The van der Waals surface area contributed by atoms with Crippen molar-refractivity contribution in [2.75, 3.05) is 18.4 Å². The second kappa shape index (κ2) is 9.99. The first kappa shape index (κ1) is 22.1. The lowest BCUT2D eigenvalue weighted by Crippen LogP contribution is -2.43. The number of likely N-dealkylation sites (tertiary alicyclic amines) is 1. The van der Waals surface area contributed by atoms with Crippen LogP contribution in [0.2, 0.25) is 0 Å². The largest absolute Gasteiger partial charge is 0.457 e. The van der Waals surface area contributed by atoms with Crippen molar-refractivity contribution >= 4 is 23.4 Å². The van der Waals surface area contributed by atoms with Crippen LogP contribution in [0, 0.1) is 5.92 Å². The minimum absolute atomic E-state index is 0.0650. The number of carbonyl (C=O) groups is 3. The van der Waals surface area contributed by atoms with Gasteiger partial charge in [-0.15, -0.1) is 0 Å². The van der Waals surface area contributed by atoms with Gasteiger partial charge in [0.15, 0.2) is 0 Å². The molecule has 33 heavy (non-hydrogen) atoms. The molecule has 0 radical (unpaired) electrons. The van der Waals surface area contributed by atoms with E-state index >= 15 is 0 Å². The van der Waals surface area contributed by atoms with Crippen LogP contribution in [0.3, 0.4) is 0 Å². The van der Waals surface area contributed by atoms with Crippen molar-refractivity contribution < 1.29 is 19.1 Å². The van der Waals surface area contributed by atoms with Crippen molar-refractivity contribution in [3.63, 3.8) is 0 Å². The van der Waals surface area contributed by atoms with Crippen LogP contribution in [0.5, 0.6) is 11.5 Å². The van der Waals surface area contributed by atoms with E-state index in [1.165, 1.54) is 0 Å². The number of rotatable bonds is 6. The maximum absolute atomic E-state index is 13.0. The number of benzene rings is 3. The fourth-order valence-electron chi connectivity index (χ4n) is 3.81. The second-order valence-electron chi connectivity index (χ2n) is 7.96. The predicted molar refractivity (Wildman–Crippen MR) is 125 cm³/mol. The lowest BCUT2D eigenvalue weighted by molar-refractivity contribution is -0.121. The molecule has 1 atom stereocenters. The highest BCUT2D eigenvalue weighted by molar-refractivity contribution is 5.96. The van der Waals surface area contributed by atoms with E-state index in [2.05, 4.69) is 5.32 Å². The lowest BCUT2D eigenvalue weighted by Gasteiger charge is -2.32. The van der Waals surface area contributed by atoms with Crippen molar-refractivity contribution in [1.82, 2.24) is 4.90 Å². The minimum Gasteiger partial charge on any atom is -0.457 e. The van der Waals surface area contributed by atoms with Gasteiger partial charge in [0.25, 0.3) is 5.91 Å². The Balaban J connectivity index is 1.36. The van der Waals surface area contributed by atoms with E-state index in [4.69, 9.17) is 10.5 Å². The molecule has 7 nitrogen and oxygen atoms in total. The van der Waals surface area contributed by atoms with Crippen LogP contribution in [0.1, 0.15) is 33.6 Å². The van der Waals surface area contributed by atoms with Gasteiger partial charge in [-0.25, -0.2) is 0 Å². The average Bonchev–Trinajstić information content (AvgIpc) is 2.85. The number of nitrogens with one attached hydrogen (secondary N) is 1. The predicted octanol–water partition coefficient (Wildman–Crippen LogP) is 4.07. The maximum atomic E-state index is 13.0. The van der Waals surface area contributed by atoms with Gasteiger partial charge in [0.05, 0.1) is 5.92 Å². The summed E-state index contributed by atoms with van der Waals surface area (Å²) in [5.74, 6) is 0.213. The summed E-state index contributed by atoms with van der Waals surface area (Å²) in [6, 6.07) is 22.7. The number of hydrogen-bond acceptors (Lipinski definition) is 4. The summed E-state index contributed by atoms with van der Waals surface area (Å²) in [6.07, 6.45) is 1.53. The first-order chi connectivity index (χ1) is 16.0. The highest BCUT2D eigenvalue weighted by atomic mass is 16.5. The molecular formula is C26H25N3O4. The topological polar surface area (TPSA) is 102 Å². The smallest absolute Gasteiger partial charge is 0.253 e. The summed E-state index contributed by atoms with van der Waals surface area (Å²) in [7, 11) is 0. The molecule has 0 spiro atoms. The first-order valence-electron chi connectivity index (χ1n) is 10.8. The Morgan fingerprint density at radius 3 is 2.06 bits per heavy atom. The van der Waals surface area contributed by atoms with E-state index in [0.29, 0.717) is 35.7 Å². The Labute approximate surface area is 192 Å². The Hall–Kier alpha value is -4.13. The Morgan fingerprint density at radius 2 is 1.45 bits per heavy atom. The zero-order chi connectivity index (χ0) is 23.2. The molecule has 4 rings (SSSR count). The highest BCUT2D eigenvalue weighted by Crippen LogP contribution is 2.24. The van der Waals surface area contributed by atoms with Gasteiger partial charge in [-0.3, -0.25) is 14.4 Å². The number of piperidine rings is 1. The molecule has 1 fully saturated rings. The van der Waals surface area contributed by atoms with E-state index in [-0.39, 0.29) is 17.7 Å². The maximum Gasteiger partial charge on any atom is 0.253 e. The molecule has 3 aromatic rings. The number of amides is 3. The zero-order valence-electron chi connectivity index (χ0n) is 18.1. The molecule has 7 heteroatoms. The number of ether oxygens (including phenoxy) is 1. The Morgan fingerprint density at radius 1 is 0.848 bits per heavy atom.